The largest absolute Gasteiger partial charge is 0.480 e. The van der Waals surface area contributed by atoms with Gasteiger partial charge < -0.3 is 19.6 Å². The van der Waals surface area contributed by atoms with Crippen molar-refractivity contribution in [2.24, 2.45) is 5.92 Å². The number of nitrogens with zero attached hydrogens (tertiary/aromatic N) is 2. The number of carboxylic acid groups (broad SMARTS) is 1. The highest BCUT2D eigenvalue weighted by molar-refractivity contribution is 5.83. The van der Waals surface area contributed by atoms with Gasteiger partial charge in [0.2, 0.25) is 0 Å². The predicted molar refractivity (Wildman–Crippen MR) is 66.4 cm³/mol. The average molecular weight is 258 g/mol. The Morgan fingerprint density at radius 1 is 1.50 bits per heavy atom. The van der Waals surface area contributed by atoms with Gasteiger partial charge in [-0.15, -0.1) is 0 Å². The fraction of sp³-hybridized carbons (Fsp3) is 0.833. The number of methoxy groups -OCH3 is 1. The lowest BCUT2D eigenvalue weighted by Gasteiger charge is -2.28. The molecule has 0 aromatic heterocycles. The molecule has 1 N–H and O–H groups in total. The summed E-state index contributed by atoms with van der Waals surface area (Å²) in [6.45, 7) is 3.56. The second-order valence-electron chi connectivity index (χ2n) is 4.79. The summed E-state index contributed by atoms with van der Waals surface area (Å²) in [5, 5.41) is 9.17. The lowest BCUT2D eigenvalue weighted by Crippen LogP contribution is -2.48. The maximum Gasteiger partial charge on any atom is 0.326 e. The van der Waals surface area contributed by atoms with E-state index in [0.29, 0.717) is 19.7 Å². The molecule has 1 aliphatic rings. The SMILES string of the molecule is COCCCN(C)C(=O)N1CCC(C)C1C(=O)O. The summed E-state index contributed by atoms with van der Waals surface area (Å²) in [6, 6.07) is -0.898. The molecule has 1 aliphatic heterocycles. The summed E-state index contributed by atoms with van der Waals surface area (Å²) < 4.78 is 4.93. The molecule has 1 heterocycles. The van der Waals surface area contributed by atoms with Crippen LogP contribution >= 0.6 is 0 Å². The Labute approximate surface area is 107 Å². The highest BCUT2D eigenvalue weighted by atomic mass is 16.5. The van der Waals surface area contributed by atoms with Crippen molar-refractivity contribution in [1.29, 1.82) is 0 Å². The van der Waals surface area contributed by atoms with E-state index in [1.165, 1.54) is 4.90 Å². The van der Waals surface area contributed by atoms with E-state index in [1.807, 2.05) is 6.92 Å². The lowest BCUT2D eigenvalue weighted by atomic mass is 10.0. The first-order valence-electron chi connectivity index (χ1n) is 6.22. The van der Waals surface area contributed by atoms with Crippen LogP contribution in [0.25, 0.3) is 0 Å². The van der Waals surface area contributed by atoms with Gasteiger partial charge in [-0.25, -0.2) is 9.59 Å². The second-order valence-corrected chi connectivity index (χ2v) is 4.79. The van der Waals surface area contributed by atoms with Crippen molar-refractivity contribution in [1.82, 2.24) is 9.80 Å². The zero-order valence-corrected chi connectivity index (χ0v) is 11.3. The third-order valence-electron chi connectivity index (χ3n) is 3.37. The Balaban J connectivity index is 2.57. The van der Waals surface area contributed by atoms with Crippen LogP contribution in [0.15, 0.2) is 0 Å². The molecule has 0 aromatic carbocycles. The van der Waals surface area contributed by atoms with E-state index in [4.69, 9.17) is 9.84 Å². The third-order valence-corrected chi connectivity index (χ3v) is 3.37. The standard InChI is InChI=1S/C12H22N2O4/c1-9-5-7-14(10(9)11(15)16)12(17)13(2)6-4-8-18-3/h9-10H,4-8H2,1-3H3,(H,15,16). The van der Waals surface area contributed by atoms with Gasteiger partial charge in [0.1, 0.15) is 6.04 Å². The zero-order chi connectivity index (χ0) is 13.7. The maximum absolute atomic E-state index is 12.1. The minimum atomic E-state index is -0.918. The summed E-state index contributed by atoms with van der Waals surface area (Å²) >= 11 is 0. The number of amides is 2. The van der Waals surface area contributed by atoms with Gasteiger partial charge in [-0.05, 0) is 18.8 Å². The van der Waals surface area contributed by atoms with Crippen LogP contribution in [0.1, 0.15) is 19.8 Å². The molecule has 1 rings (SSSR count). The van der Waals surface area contributed by atoms with Gasteiger partial charge in [0.25, 0.3) is 0 Å². The number of ether oxygens (including phenoxy) is 1. The molecular formula is C12H22N2O4. The van der Waals surface area contributed by atoms with Crippen LogP contribution in [-0.4, -0.2) is 66.8 Å². The van der Waals surface area contributed by atoms with E-state index >= 15 is 0 Å². The maximum atomic E-state index is 12.1. The first-order chi connectivity index (χ1) is 8.49. The number of hydrogen-bond donors (Lipinski definition) is 1. The Hall–Kier alpha value is -1.30. The van der Waals surface area contributed by atoms with Crippen LogP contribution in [-0.2, 0) is 9.53 Å². The van der Waals surface area contributed by atoms with Crippen LogP contribution in [0.5, 0.6) is 0 Å². The Kier molecular flexibility index (Phi) is 5.40. The number of carbonyl (C=O) groups is 2. The van der Waals surface area contributed by atoms with Crippen molar-refractivity contribution in [2.45, 2.75) is 25.8 Å². The molecule has 1 fully saturated rings. The molecule has 1 saturated heterocycles. The predicted octanol–water partition coefficient (Wildman–Crippen LogP) is 0.870. The molecule has 2 unspecified atom stereocenters. The van der Waals surface area contributed by atoms with Crippen LogP contribution in [0.3, 0.4) is 0 Å². The Morgan fingerprint density at radius 3 is 2.72 bits per heavy atom. The van der Waals surface area contributed by atoms with Crippen molar-refractivity contribution in [3.8, 4) is 0 Å². The monoisotopic (exact) mass is 258 g/mol. The van der Waals surface area contributed by atoms with Gasteiger partial charge in [0.05, 0.1) is 0 Å². The van der Waals surface area contributed by atoms with Gasteiger partial charge in [-0.3, -0.25) is 0 Å². The number of urea groups is 1. The average Bonchev–Trinajstić information content (AvgIpc) is 2.70. The van der Waals surface area contributed by atoms with E-state index in [0.717, 1.165) is 12.8 Å². The van der Waals surface area contributed by atoms with Crippen LogP contribution in [0, 0.1) is 5.92 Å². The van der Waals surface area contributed by atoms with E-state index in [1.54, 1.807) is 19.1 Å². The summed E-state index contributed by atoms with van der Waals surface area (Å²) in [4.78, 5) is 26.3. The molecule has 0 aromatic rings. The Morgan fingerprint density at radius 2 is 2.17 bits per heavy atom. The topological polar surface area (TPSA) is 70.1 Å². The van der Waals surface area contributed by atoms with Crippen molar-refractivity contribution < 1.29 is 19.4 Å². The first-order valence-corrected chi connectivity index (χ1v) is 6.22. The molecule has 0 aliphatic carbocycles. The number of carboxylic acids is 1. The molecule has 0 radical (unpaired) electrons. The molecule has 2 amide bonds. The molecule has 0 spiro atoms. The minimum absolute atomic E-state index is 0.0128. The molecule has 0 bridgehead atoms. The molecule has 0 saturated carbocycles. The molecule has 6 heteroatoms. The summed E-state index contributed by atoms with van der Waals surface area (Å²) in [7, 11) is 3.31. The van der Waals surface area contributed by atoms with Gasteiger partial charge in [0, 0.05) is 33.9 Å². The number of rotatable bonds is 5. The fourth-order valence-corrected chi connectivity index (χ4v) is 2.30. The highest BCUT2D eigenvalue weighted by Gasteiger charge is 2.40. The number of hydrogen-bond acceptors (Lipinski definition) is 3. The quantitative estimate of drug-likeness (QED) is 0.743. The molecule has 104 valence electrons. The lowest BCUT2D eigenvalue weighted by molar-refractivity contribution is -0.142. The minimum Gasteiger partial charge on any atom is -0.480 e. The third kappa shape index (κ3) is 3.35. The molecule has 6 nitrogen and oxygen atoms in total. The second kappa shape index (κ2) is 6.58. The Bertz CT molecular complexity index is 308. The van der Waals surface area contributed by atoms with Crippen LogP contribution < -0.4 is 0 Å². The van der Waals surface area contributed by atoms with Crippen molar-refractivity contribution in [3.63, 3.8) is 0 Å². The van der Waals surface area contributed by atoms with Gasteiger partial charge >= 0.3 is 12.0 Å². The summed E-state index contributed by atoms with van der Waals surface area (Å²) in [5.74, 6) is -0.905. The summed E-state index contributed by atoms with van der Waals surface area (Å²) in [5.41, 5.74) is 0. The molecular weight excluding hydrogens is 236 g/mol. The van der Waals surface area contributed by atoms with Gasteiger partial charge in [0.15, 0.2) is 0 Å². The number of aliphatic carboxylic acids is 1. The first kappa shape index (κ1) is 14.8. The van der Waals surface area contributed by atoms with Crippen LogP contribution in [0.4, 0.5) is 4.79 Å². The number of carbonyl (C=O) groups excluding carboxylic acids is 1. The number of likely N-dealkylation sites (tertiary alicyclic amines) is 1. The highest BCUT2D eigenvalue weighted by Crippen LogP contribution is 2.25. The van der Waals surface area contributed by atoms with E-state index in [-0.39, 0.29) is 11.9 Å². The van der Waals surface area contributed by atoms with Crippen LogP contribution in [0.2, 0.25) is 0 Å². The molecule has 2 atom stereocenters. The summed E-state index contributed by atoms with van der Waals surface area (Å²) in [6.07, 6.45) is 1.49. The fourth-order valence-electron chi connectivity index (χ4n) is 2.30. The van der Waals surface area contributed by atoms with Gasteiger partial charge in [-0.2, -0.15) is 0 Å². The normalized spacial score (nSPS) is 23.2. The van der Waals surface area contributed by atoms with Gasteiger partial charge in [-0.1, -0.05) is 6.92 Å². The van der Waals surface area contributed by atoms with Crippen molar-refractivity contribution in [3.05, 3.63) is 0 Å². The van der Waals surface area contributed by atoms with E-state index in [9.17, 15) is 9.59 Å². The van der Waals surface area contributed by atoms with Crippen molar-refractivity contribution >= 4 is 12.0 Å². The van der Waals surface area contributed by atoms with Crippen molar-refractivity contribution in [2.75, 3.05) is 33.9 Å². The van der Waals surface area contributed by atoms with E-state index < -0.39 is 12.0 Å². The zero-order valence-electron chi connectivity index (χ0n) is 11.3. The van der Waals surface area contributed by atoms with E-state index in [2.05, 4.69) is 0 Å². The smallest absolute Gasteiger partial charge is 0.326 e. The molecule has 18 heavy (non-hydrogen) atoms.